The average molecular weight is 210 g/mol. The molecule has 0 fully saturated rings. The van der Waals surface area contributed by atoms with Crippen molar-refractivity contribution >= 4 is 5.78 Å². The van der Waals surface area contributed by atoms with Gasteiger partial charge in [-0.3, -0.25) is 9.48 Å². The summed E-state index contributed by atoms with van der Waals surface area (Å²) in [4.78, 5) is 11.3. The van der Waals surface area contributed by atoms with E-state index in [-0.39, 0.29) is 5.78 Å². The number of aromatic nitrogens is 2. The summed E-state index contributed by atoms with van der Waals surface area (Å²) < 4.78 is 7.09. The van der Waals surface area contributed by atoms with Crippen LogP contribution in [-0.4, -0.2) is 28.8 Å². The Kier molecular flexibility index (Phi) is 4.03. The van der Waals surface area contributed by atoms with Gasteiger partial charge >= 0.3 is 0 Å². The SMILES string of the molecule is CCOCCn1nc(C)c(C(C)=O)c1C. The summed E-state index contributed by atoms with van der Waals surface area (Å²) in [6.07, 6.45) is 0. The summed E-state index contributed by atoms with van der Waals surface area (Å²) in [6, 6.07) is 0. The topological polar surface area (TPSA) is 44.1 Å². The maximum Gasteiger partial charge on any atom is 0.163 e. The molecule has 15 heavy (non-hydrogen) atoms. The van der Waals surface area contributed by atoms with Gasteiger partial charge in [-0.05, 0) is 27.7 Å². The van der Waals surface area contributed by atoms with Crippen LogP contribution in [0.5, 0.6) is 0 Å². The van der Waals surface area contributed by atoms with E-state index >= 15 is 0 Å². The smallest absolute Gasteiger partial charge is 0.163 e. The van der Waals surface area contributed by atoms with E-state index in [1.807, 2.05) is 25.5 Å². The third-order valence-corrected chi connectivity index (χ3v) is 2.39. The second-order valence-electron chi connectivity index (χ2n) is 3.52. The van der Waals surface area contributed by atoms with Crippen molar-refractivity contribution in [1.29, 1.82) is 0 Å². The normalized spacial score (nSPS) is 10.7. The van der Waals surface area contributed by atoms with Crippen molar-refractivity contribution in [2.24, 2.45) is 0 Å². The number of Topliss-reactive ketones (excluding diaryl/α,β-unsaturated/α-hetero) is 1. The first kappa shape index (κ1) is 11.9. The van der Waals surface area contributed by atoms with E-state index in [9.17, 15) is 4.79 Å². The maximum absolute atomic E-state index is 11.3. The summed E-state index contributed by atoms with van der Waals surface area (Å²) in [5.41, 5.74) is 2.47. The Balaban J connectivity index is 2.82. The Hall–Kier alpha value is -1.16. The summed E-state index contributed by atoms with van der Waals surface area (Å²) in [5.74, 6) is 0.0765. The number of hydrogen-bond donors (Lipinski definition) is 0. The third kappa shape index (κ3) is 2.65. The zero-order valence-electron chi connectivity index (χ0n) is 9.83. The molecule has 1 aromatic heterocycles. The highest BCUT2D eigenvalue weighted by molar-refractivity contribution is 5.96. The number of rotatable bonds is 5. The molecule has 0 saturated heterocycles. The predicted molar refractivity (Wildman–Crippen MR) is 58.2 cm³/mol. The van der Waals surface area contributed by atoms with Crippen LogP contribution in [0.1, 0.15) is 35.6 Å². The highest BCUT2D eigenvalue weighted by Gasteiger charge is 2.14. The standard InChI is InChI=1S/C11H18N2O2/c1-5-15-7-6-13-9(3)11(10(4)14)8(2)12-13/h5-7H2,1-4H3. The lowest BCUT2D eigenvalue weighted by molar-refractivity contribution is 0.101. The number of nitrogens with zero attached hydrogens (tertiary/aromatic N) is 2. The van der Waals surface area contributed by atoms with E-state index in [4.69, 9.17) is 4.74 Å². The van der Waals surface area contributed by atoms with Crippen molar-refractivity contribution in [3.63, 3.8) is 0 Å². The molecule has 84 valence electrons. The van der Waals surface area contributed by atoms with Crippen LogP contribution in [0.4, 0.5) is 0 Å². The number of ketones is 1. The first-order valence-corrected chi connectivity index (χ1v) is 5.20. The van der Waals surface area contributed by atoms with Gasteiger partial charge in [-0.25, -0.2) is 0 Å². The van der Waals surface area contributed by atoms with E-state index in [1.54, 1.807) is 6.92 Å². The van der Waals surface area contributed by atoms with Gasteiger partial charge in [0.15, 0.2) is 5.78 Å². The molecule has 0 aliphatic carbocycles. The highest BCUT2D eigenvalue weighted by atomic mass is 16.5. The number of carbonyl (C=O) groups is 1. The van der Waals surface area contributed by atoms with Crippen molar-refractivity contribution in [3.8, 4) is 0 Å². The molecule has 1 aromatic rings. The number of aryl methyl sites for hydroxylation is 1. The van der Waals surface area contributed by atoms with Crippen molar-refractivity contribution in [2.75, 3.05) is 13.2 Å². The van der Waals surface area contributed by atoms with E-state index in [0.29, 0.717) is 19.8 Å². The minimum Gasteiger partial charge on any atom is -0.380 e. The first-order chi connectivity index (χ1) is 7.07. The highest BCUT2D eigenvalue weighted by Crippen LogP contribution is 2.13. The molecule has 0 spiro atoms. The van der Waals surface area contributed by atoms with Gasteiger partial charge in [-0.2, -0.15) is 5.10 Å². The lowest BCUT2D eigenvalue weighted by atomic mass is 10.1. The molecule has 4 heteroatoms. The van der Waals surface area contributed by atoms with Crippen LogP contribution in [0.25, 0.3) is 0 Å². The zero-order valence-corrected chi connectivity index (χ0v) is 9.83. The Labute approximate surface area is 90.2 Å². The molecule has 0 aliphatic heterocycles. The van der Waals surface area contributed by atoms with Crippen LogP contribution in [0.2, 0.25) is 0 Å². The molecule has 1 heterocycles. The van der Waals surface area contributed by atoms with Gasteiger partial charge in [0.1, 0.15) is 0 Å². The minimum absolute atomic E-state index is 0.0765. The zero-order chi connectivity index (χ0) is 11.4. The van der Waals surface area contributed by atoms with E-state index in [1.165, 1.54) is 0 Å². The summed E-state index contributed by atoms with van der Waals surface area (Å²) >= 11 is 0. The molecule has 4 nitrogen and oxygen atoms in total. The van der Waals surface area contributed by atoms with Gasteiger partial charge in [-0.1, -0.05) is 0 Å². The van der Waals surface area contributed by atoms with E-state index in [0.717, 1.165) is 17.0 Å². The summed E-state index contributed by atoms with van der Waals surface area (Å²) in [7, 11) is 0. The molecule has 0 N–H and O–H groups in total. The van der Waals surface area contributed by atoms with Crippen molar-refractivity contribution in [2.45, 2.75) is 34.2 Å². The van der Waals surface area contributed by atoms with Crippen LogP contribution >= 0.6 is 0 Å². The molecular weight excluding hydrogens is 192 g/mol. The molecule has 1 rings (SSSR count). The van der Waals surface area contributed by atoms with Crippen LogP contribution < -0.4 is 0 Å². The van der Waals surface area contributed by atoms with Crippen molar-refractivity contribution in [3.05, 3.63) is 17.0 Å². The molecule has 0 amide bonds. The van der Waals surface area contributed by atoms with E-state index in [2.05, 4.69) is 5.10 Å². The van der Waals surface area contributed by atoms with Crippen LogP contribution in [0, 0.1) is 13.8 Å². The number of hydrogen-bond acceptors (Lipinski definition) is 3. The Bertz CT molecular complexity index is 356. The van der Waals surface area contributed by atoms with Gasteiger partial charge in [-0.15, -0.1) is 0 Å². The summed E-state index contributed by atoms with van der Waals surface area (Å²) in [6.45, 7) is 9.36. The number of carbonyl (C=O) groups excluding carboxylic acids is 1. The minimum atomic E-state index is 0.0765. The van der Waals surface area contributed by atoms with Crippen molar-refractivity contribution in [1.82, 2.24) is 9.78 Å². The van der Waals surface area contributed by atoms with Crippen LogP contribution in [0.15, 0.2) is 0 Å². The lowest BCUT2D eigenvalue weighted by Crippen LogP contribution is -2.09. The lowest BCUT2D eigenvalue weighted by Gasteiger charge is -2.04. The van der Waals surface area contributed by atoms with Crippen LogP contribution in [0.3, 0.4) is 0 Å². The second-order valence-corrected chi connectivity index (χ2v) is 3.52. The average Bonchev–Trinajstić information content (AvgIpc) is 2.42. The molecule has 0 aliphatic rings. The van der Waals surface area contributed by atoms with Gasteiger partial charge < -0.3 is 4.74 Å². The second kappa shape index (κ2) is 5.07. The molecule has 0 radical (unpaired) electrons. The first-order valence-electron chi connectivity index (χ1n) is 5.20. The fourth-order valence-corrected chi connectivity index (χ4v) is 1.72. The van der Waals surface area contributed by atoms with E-state index < -0.39 is 0 Å². The molecular formula is C11H18N2O2. The molecule has 0 atom stereocenters. The number of ether oxygens (including phenoxy) is 1. The molecule has 0 aromatic carbocycles. The fourth-order valence-electron chi connectivity index (χ4n) is 1.72. The van der Waals surface area contributed by atoms with Gasteiger partial charge in [0, 0.05) is 12.3 Å². The largest absolute Gasteiger partial charge is 0.380 e. The van der Waals surface area contributed by atoms with Gasteiger partial charge in [0.25, 0.3) is 0 Å². The van der Waals surface area contributed by atoms with Gasteiger partial charge in [0.05, 0.1) is 24.4 Å². The van der Waals surface area contributed by atoms with Gasteiger partial charge in [0.2, 0.25) is 0 Å². The monoisotopic (exact) mass is 210 g/mol. The van der Waals surface area contributed by atoms with Crippen molar-refractivity contribution < 1.29 is 9.53 Å². The Morgan fingerprint density at radius 3 is 2.60 bits per heavy atom. The molecule has 0 unspecified atom stereocenters. The molecule has 0 bridgehead atoms. The van der Waals surface area contributed by atoms with Crippen LogP contribution in [-0.2, 0) is 11.3 Å². The predicted octanol–water partition coefficient (Wildman–Crippen LogP) is 1.74. The Morgan fingerprint density at radius 2 is 2.13 bits per heavy atom. The maximum atomic E-state index is 11.3. The molecule has 0 saturated carbocycles. The Morgan fingerprint density at radius 1 is 1.47 bits per heavy atom. The summed E-state index contributed by atoms with van der Waals surface area (Å²) in [5, 5.41) is 4.32. The quantitative estimate of drug-likeness (QED) is 0.549. The fraction of sp³-hybridized carbons (Fsp3) is 0.636. The third-order valence-electron chi connectivity index (χ3n) is 2.39.